The molecule has 2 N–H and O–H groups in total. The predicted octanol–water partition coefficient (Wildman–Crippen LogP) is 3.72. The van der Waals surface area contributed by atoms with Crippen LogP contribution in [0.1, 0.15) is 49.9 Å². The van der Waals surface area contributed by atoms with Gasteiger partial charge in [-0.2, -0.15) is 0 Å². The van der Waals surface area contributed by atoms with Gasteiger partial charge >= 0.3 is 0 Å². The molecule has 1 aliphatic rings. The summed E-state index contributed by atoms with van der Waals surface area (Å²) < 4.78 is 1.84. The Morgan fingerprint density at radius 2 is 1.87 bits per heavy atom. The Hall–Kier alpha value is -1.81. The summed E-state index contributed by atoms with van der Waals surface area (Å²) in [6.07, 6.45) is 4.33. The zero-order valence-corrected chi connectivity index (χ0v) is 14.6. The second-order valence-electron chi connectivity index (χ2n) is 7.86. The van der Waals surface area contributed by atoms with E-state index in [1.54, 1.807) is 0 Å². The van der Waals surface area contributed by atoms with E-state index >= 15 is 0 Å². The summed E-state index contributed by atoms with van der Waals surface area (Å²) in [4.78, 5) is 15.2. The van der Waals surface area contributed by atoms with Crippen molar-refractivity contribution in [3.05, 3.63) is 30.0 Å². The van der Waals surface area contributed by atoms with E-state index in [0.717, 1.165) is 42.5 Å². The van der Waals surface area contributed by atoms with Crippen molar-refractivity contribution in [3.8, 4) is 0 Å². The van der Waals surface area contributed by atoms with Crippen LogP contribution in [-0.4, -0.2) is 35.5 Å². The second-order valence-corrected chi connectivity index (χ2v) is 7.86. The van der Waals surface area contributed by atoms with Crippen molar-refractivity contribution in [1.29, 1.82) is 0 Å². The van der Waals surface area contributed by atoms with Gasteiger partial charge in [0.1, 0.15) is 0 Å². The number of carbonyl (C=O) groups is 1. The lowest BCUT2D eigenvalue weighted by Crippen LogP contribution is -2.29. The van der Waals surface area contributed by atoms with Crippen LogP contribution in [0.4, 0.5) is 5.69 Å². The first kappa shape index (κ1) is 16.1. The maximum atomic E-state index is 12.8. The first-order chi connectivity index (χ1) is 10.8. The number of rotatable bonds is 1. The van der Waals surface area contributed by atoms with Crippen molar-refractivity contribution < 1.29 is 4.79 Å². The van der Waals surface area contributed by atoms with Gasteiger partial charge in [0.15, 0.2) is 0 Å². The molecular formula is C19H27N3O. The molecule has 124 valence electrons. The highest BCUT2D eigenvalue weighted by Gasteiger charge is 2.28. The molecule has 3 rings (SSSR count). The van der Waals surface area contributed by atoms with E-state index in [4.69, 9.17) is 5.73 Å². The number of hydrogen-bond acceptors (Lipinski definition) is 3. The van der Waals surface area contributed by atoms with Gasteiger partial charge < -0.3 is 10.6 Å². The number of nitrogens with zero attached hydrogens (tertiary/aromatic N) is 2. The predicted molar refractivity (Wildman–Crippen MR) is 95.9 cm³/mol. The van der Waals surface area contributed by atoms with E-state index in [1.807, 2.05) is 43.5 Å². The molecule has 0 saturated carbocycles. The van der Waals surface area contributed by atoms with Crippen LogP contribution < -0.4 is 5.73 Å². The van der Waals surface area contributed by atoms with E-state index in [1.165, 1.54) is 5.56 Å². The Balaban J connectivity index is 2.11. The van der Waals surface area contributed by atoms with Crippen LogP contribution in [-0.2, 0) is 0 Å². The summed E-state index contributed by atoms with van der Waals surface area (Å²) in [5.74, 6) is 0.635. The minimum Gasteiger partial charge on any atom is -0.399 e. The van der Waals surface area contributed by atoms with Crippen molar-refractivity contribution in [2.24, 2.45) is 5.41 Å². The largest absolute Gasteiger partial charge is 0.399 e. The molecule has 1 saturated heterocycles. The number of likely N-dealkylation sites (tertiary alicyclic amines) is 1. The number of benzene rings is 1. The molecule has 0 aliphatic carbocycles. The summed E-state index contributed by atoms with van der Waals surface area (Å²) in [6, 6.07) is 5.88. The molecule has 0 amide bonds. The maximum absolute atomic E-state index is 12.8. The zero-order chi connectivity index (χ0) is 16.8. The van der Waals surface area contributed by atoms with Crippen LogP contribution >= 0.6 is 0 Å². The van der Waals surface area contributed by atoms with Gasteiger partial charge in [-0.3, -0.25) is 9.36 Å². The summed E-state index contributed by atoms with van der Waals surface area (Å²) >= 11 is 0. The third kappa shape index (κ3) is 3.00. The molecule has 4 nitrogen and oxygen atoms in total. The first-order valence-corrected chi connectivity index (χ1v) is 8.41. The van der Waals surface area contributed by atoms with E-state index in [-0.39, 0.29) is 5.91 Å². The number of aromatic nitrogens is 1. The lowest BCUT2D eigenvalue weighted by Gasteiger charge is -2.28. The Morgan fingerprint density at radius 3 is 2.48 bits per heavy atom. The minimum atomic E-state index is -0.405. The van der Waals surface area contributed by atoms with E-state index < -0.39 is 5.41 Å². The standard InChI is InChI=1S/C19H27N3O/c1-19(2,3)18(23)22-12-16(13-7-9-21(4)10-8-13)15-11-14(20)5-6-17(15)22/h5-6,11-13H,7-10,20H2,1-4H3. The number of fused-ring (bicyclic) bond motifs is 1. The van der Waals surface area contributed by atoms with Crippen molar-refractivity contribution in [3.63, 3.8) is 0 Å². The highest BCUT2D eigenvalue weighted by Crippen LogP contribution is 2.36. The molecule has 2 aromatic rings. The molecule has 0 radical (unpaired) electrons. The molecule has 4 heteroatoms. The Labute approximate surface area is 138 Å². The molecule has 1 aromatic heterocycles. The average molecular weight is 313 g/mol. The quantitative estimate of drug-likeness (QED) is 0.816. The van der Waals surface area contributed by atoms with Crippen LogP contribution in [0.3, 0.4) is 0 Å². The third-order valence-electron chi connectivity index (χ3n) is 4.88. The fourth-order valence-corrected chi connectivity index (χ4v) is 3.45. The highest BCUT2D eigenvalue weighted by molar-refractivity contribution is 5.97. The Kier molecular flexibility index (Phi) is 3.96. The van der Waals surface area contributed by atoms with Crippen LogP contribution in [0.25, 0.3) is 10.9 Å². The fourth-order valence-electron chi connectivity index (χ4n) is 3.45. The lowest BCUT2D eigenvalue weighted by atomic mass is 9.89. The van der Waals surface area contributed by atoms with Crippen molar-refractivity contribution in [2.75, 3.05) is 25.9 Å². The first-order valence-electron chi connectivity index (χ1n) is 8.41. The number of nitrogen functional groups attached to an aromatic ring is 1. The molecule has 23 heavy (non-hydrogen) atoms. The number of nitrogens with two attached hydrogens (primary N) is 1. The monoisotopic (exact) mass is 313 g/mol. The van der Waals surface area contributed by atoms with E-state index in [2.05, 4.69) is 18.1 Å². The smallest absolute Gasteiger partial charge is 0.236 e. The molecule has 0 spiro atoms. The van der Waals surface area contributed by atoms with Crippen LogP contribution in [0, 0.1) is 5.41 Å². The molecule has 1 aromatic carbocycles. The van der Waals surface area contributed by atoms with Crippen molar-refractivity contribution >= 4 is 22.5 Å². The molecule has 0 bridgehead atoms. The SMILES string of the molecule is CN1CCC(c2cn(C(=O)C(C)(C)C)c3ccc(N)cc23)CC1. The molecular weight excluding hydrogens is 286 g/mol. The number of carbonyl (C=O) groups excluding carboxylic acids is 1. The average Bonchev–Trinajstić information content (AvgIpc) is 2.85. The number of anilines is 1. The molecule has 2 heterocycles. The van der Waals surface area contributed by atoms with Gasteiger partial charge in [-0.1, -0.05) is 20.8 Å². The van der Waals surface area contributed by atoms with Gasteiger partial charge in [-0.25, -0.2) is 0 Å². The summed E-state index contributed by atoms with van der Waals surface area (Å²) in [7, 11) is 2.17. The number of hydrogen-bond donors (Lipinski definition) is 1. The van der Waals surface area contributed by atoms with Gasteiger partial charge in [0, 0.05) is 22.7 Å². The molecule has 0 atom stereocenters. The lowest BCUT2D eigenvalue weighted by molar-refractivity contribution is 0.0772. The molecule has 0 unspecified atom stereocenters. The highest BCUT2D eigenvalue weighted by atomic mass is 16.2. The van der Waals surface area contributed by atoms with Gasteiger partial charge in [0.25, 0.3) is 0 Å². The summed E-state index contributed by atoms with van der Waals surface area (Å²) in [5.41, 5.74) is 8.62. The topological polar surface area (TPSA) is 51.3 Å². The van der Waals surface area contributed by atoms with Gasteiger partial charge in [-0.05, 0) is 62.7 Å². The summed E-state index contributed by atoms with van der Waals surface area (Å²) in [5, 5.41) is 1.14. The summed E-state index contributed by atoms with van der Waals surface area (Å²) in [6.45, 7) is 8.11. The molecule has 1 aliphatic heterocycles. The normalized spacial score (nSPS) is 17.7. The molecule has 1 fully saturated rings. The minimum absolute atomic E-state index is 0.131. The number of piperidine rings is 1. The zero-order valence-electron chi connectivity index (χ0n) is 14.6. The van der Waals surface area contributed by atoms with Gasteiger partial charge in [0.05, 0.1) is 5.52 Å². The van der Waals surface area contributed by atoms with Crippen molar-refractivity contribution in [1.82, 2.24) is 9.47 Å². The van der Waals surface area contributed by atoms with Crippen LogP contribution in [0.5, 0.6) is 0 Å². The van der Waals surface area contributed by atoms with Gasteiger partial charge in [-0.15, -0.1) is 0 Å². The van der Waals surface area contributed by atoms with E-state index in [9.17, 15) is 4.79 Å². The second kappa shape index (κ2) is 5.68. The maximum Gasteiger partial charge on any atom is 0.236 e. The van der Waals surface area contributed by atoms with Crippen LogP contribution in [0.15, 0.2) is 24.4 Å². The Morgan fingerprint density at radius 1 is 1.22 bits per heavy atom. The van der Waals surface area contributed by atoms with E-state index in [0.29, 0.717) is 5.92 Å². The van der Waals surface area contributed by atoms with Crippen molar-refractivity contribution in [2.45, 2.75) is 39.5 Å². The van der Waals surface area contributed by atoms with Crippen LogP contribution in [0.2, 0.25) is 0 Å². The van der Waals surface area contributed by atoms with Gasteiger partial charge in [0.2, 0.25) is 5.91 Å². The fraction of sp³-hybridized carbons (Fsp3) is 0.526. The Bertz CT molecular complexity index is 731. The third-order valence-corrected chi connectivity index (χ3v) is 4.88.